The summed E-state index contributed by atoms with van der Waals surface area (Å²) in [4.78, 5) is 11.4. The highest BCUT2D eigenvalue weighted by atomic mass is 16.7. The predicted octanol–water partition coefficient (Wildman–Crippen LogP) is 0.380. The van der Waals surface area contributed by atoms with E-state index in [-0.39, 0.29) is 23.3 Å². The zero-order valence-corrected chi connectivity index (χ0v) is 14.7. The average molecular weight is 333 g/mol. The second-order valence-corrected chi connectivity index (χ2v) is 7.69. The minimum atomic E-state index is -0.434. The van der Waals surface area contributed by atoms with Crippen molar-refractivity contribution in [3.8, 4) is 0 Å². The Morgan fingerprint density at radius 1 is 0.917 bits per heavy atom. The lowest BCUT2D eigenvalue weighted by atomic mass is 9.81. The first-order valence-electron chi connectivity index (χ1n) is 8.49. The van der Waals surface area contributed by atoms with Crippen molar-refractivity contribution in [1.82, 2.24) is 9.97 Å². The van der Waals surface area contributed by atoms with Crippen molar-refractivity contribution in [1.29, 1.82) is 0 Å². The Balaban J connectivity index is 1.54. The van der Waals surface area contributed by atoms with Gasteiger partial charge in [-0.05, 0) is 27.7 Å². The van der Waals surface area contributed by atoms with Crippen molar-refractivity contribution in [2.24, 2.45) is 0 Å². The van der Waals surface area contributed by atoms with E-state index in [0.29, 0.717) is 26.4 Å². The lowest BCUT2D eigenvalue weighted by molar-refractivity contribution is -0.0354. The highest BCUT2D eigenvalue weighted by molar-refractivity contribution is 6.61. The maximum atomic E-state index is 6.05. The number of anilines is 1. The van der Waals surface area contributed by atoms with E-state index < -0.39 is 7.12 Å². The molecule has 130 valence electrons. The molecule has 0 saturated carbocycles. The van der Waals surface area contributed by atoms with E-state index in [0.717, 1.165) is 11.4 Å². The normalized spacial score (nSPS) is 31.3. The Hall–Kier alpha value is -1.22. The monoisotopic (exact) mass is 333 g/mol. The number of hydrogen-bond donors (Lipinski definition) is 0. The van der Waals surface area contributed by atoms with Crippen LogP contribution in [0.3, 0.4) is 0 Å². The fourth-order valence-corrected chi connectivity index (χ4v) is 3.29. The molecule has 2 bridgehead atoms. The molecule has 0 N–H and O–H groups in total. The van der Waals surface area contributed by atoms with E-state index in [9.17, 15) is 0 Å². The third kappa shape index (κ3) is 2.61. The van der Waals surface area contributed by atoms with Crippen molar-refractivity contribution in [2.75, 3.05) is 31.3 Å². The van der Waals surface area contributed by atoms with Crippen LogP contribution in [0.25, 0.3) is 0 Å². The van der Waals surface area contributed by atoms with Gasteiger partial charge in [0.2, 0.25) is 5.95 Å². The molecule has 0 aromatic carbocycles. The van der Waals surface area contributed by atoms with Crippen LogP contribution >= 0.6 is 0 Å². The molecule has 3 fully saturated rings. The van der Waals surface area contributed by atoms with Gasteiger partial charge in [-0.2, -0.15) is 0 Å². The van der Waals surface area contributed by atoms with Crippen molar-refractivity contribution < 1.29 is 18.8 Å². The summed E-state index contributed by atoms with van der Waals surface area (Å²) in [5.74, 6) is 0.719. The van der Waals surface area contributed by atoms with Crippen LogP contribution in [0.4, 0.5) is 5.95 Å². The SMILES string of the molecule is CC1(C)OB(c2cnc(N3C4COCC3COC4)nc2)OC1(C)C. The number of fused-ring (bicyclic) bond motifs is 2. The van der Waals surface area contributed by atoms with Crippen molar-refractivity contribution in [3.63, 3.8) is 0 Å². The van der Waals surface area contributed by atoms with Crippen molar-refractivity contribution >= 4 is 18.5 Å². The number of nitrogens with zero attached hydrogens (tertiary/aromatic N) is 3. The molecule has 1 aromatic heterocycles. The first kappa shape index (κ1) is 16.3. The molecule has 3 aliphatic rings. The number of hydrogen-bond acceptors (Lipinski definition) is 7. The maximum Gasteiger partial charge on any atom is 0.498 e. The molecule has 1 aromatic rings. The average Bonchev–Trinajstić information content (AvgIpc) is 2.75. The summed E-state index contributed by atoms with van der Waals surface area (Å²) in [6, 6.07) is 0.361. The summed E-state index contributed by atoms with van der Waals surface area (Å²) in [6.07, 6.45) is 3.60. The summed E-state index contributed by atoms with van der Waals surface area (Å²) in [5, 5.41) is 0. The van der Waals surface area contributed by atoms with Gasteiger partial charge in [-0.25, -0.2) is 9.97 Å². The Morgan fingerprint density at radius 2 is 1.38 bits per heavy atom. The second kappa shape index (κ2) is 5.66. The molecule has 0 atom stereocenters. The summed E-state index contributed by atoms with van der Waals surface area (Å²) in [5.41, 5.74) is 0.108. The number of morpholine rings is 2. The molecule has 0 amide bonds. The lowest BCUT2D eigenvalue weighted by Gasteiger charge is -2.45. The van der Waals surface area contributed by atoms with Gasteiger partial charge in [0.15, 0.2) is 0 Å². The zero-order valence-electron chi connectivity index (χ0n) is 14.7. The minimum Gasteiger partial charge on any atom is -0.399 e. The number of ether oxygens (including phenoxy) is 2. The van der Waals surface area contributed by atoms with Gasteiger partial charge in [0.05, 0.1) is 49.7 Å². The molecule has 4 heterocycles. The largest absolute Gasteiger partial charge is 0.498 e. The van der Waals surface area contributed by atoms with Crippen LogP contribution in [0.2, 0.25) is 0 Å². The van der Waals surface area contributed by atoms with E-state index in [2.05, 4.69) is 14.9 Å². The van der Waals surface area contributed by atoms with Gasteiger partial charge in [0, 0.05) is 17.9 Å². The molecule has 8 heteroatoms. The van der Waals surface area contributed by atoms with Crippen molar-refractivity contribution in [2.45, 2.75) is 51.0 Å². The van der Waals surface area contributed by atoms with E-state index in [1.807, 2.05) is 27.7 Å². The first-order chi connectivity index (χ1) is 11.4. The van der Waals surface area contributed by atoms with Crippen LogP contribution in [-0.4, -0.2) is 66.8 Å². The van der Waals surface area contributed by atoms with Gasteiger partial charge in [-0.1, -0.05) is 0 Å². The topological polar surface area (TPSA) is 65.9 Å². The number of rotatable bonds is 2. The van der Waals surface area contributed by atoms with E-state index in [1.165, 1.54) is 0 Å². The molecule has 0 spiro atoms. The summed E-state index contributed by atoms with van der Waals surface area (Å²) < 4.78 is 23.4. The van der Waals surface area contributed by atoms with Gasteiger partial charge in [0.1, 0.15) is 0 Å². The van der Waals surface area contributed by atoms with Crippen molar-refractivity contribution in [3.05, 3.63) is 12.4 Å². The molecule has 0 radical (unpaired) electrons. The highest BCUT2D eigenvalue weighted by Crippen LogP contribution is 2.36. The summed E-state index contributed by atoms with van der Waals surface area (Å²) in [6.45, 7) is 10.8. The van der Waals surface area contributed by atoms with Gasteiger partial charge < -0.3 is 23.7 Å². The number of aromatic nitrogens is 2. The molecule has 0 aliphatic carbocycles. The molecule has 0 unspecified atom stereocenters. The first-order valence-corrected chi connectivity index (χ1v) is 8.49. The third-order valence-corrected chi connectivity index (χ3v) is 5.44. The third-order valence-electron chi connectivity index (χ3n) is 5.44. The molecular weight excluding hydrogens is 309 g/mol. The molecule has 24 heavy (non-hydrogen) atoms. The second-order valence-electron chi connectivity index (χ2n) is 7.69. The molecule has 3 aliphatic heterocycles. The lowest BCUT2D eigenvalue weighted by Crippen LogP contribution is -2.60. The smallest absolute Gasteiger partial charge is 0.399 e. The van der Waals surface area contributed by atoms with Crippen LogP contribution in [0, 0.1) is 0 Å². The standard InChI is InChI=1S/C16H24BN3O4/c1-15(2)16(3,4)24-17(23-15)11-5-18-14(19-6-11)20-12-7-21-9-13(20)10-22-8-12/h5-6,12-13H,7-10H2,1-4H3. The van der Waals surface area contributed by atoms with Crippen LogP contribution in [-0.2, 0) is 18.8 Å². The molecular formula is C16H24BN3O4. The van der Waals surface area contributed by atoms with E-state index in [4.69, 9.17) is 18.8 Å². The molecule has 7 nitrogen and oxygen atoms in total. The molecule has 3 saturated heterocycles. The quantitative estimate of drug-likeness (QED) is 0.725. The Morgan fingerprint density at radius 3 is 1.83 bits per heavy atom. The summed E-state index contributed by atoms with van der Waals surface area (Å²) in [7, 11) is -0.434. The Labute approximate surface area is 142 Å². The highest BCUT2D eigenvalue weighted by Gasteiger charge is 2.52. The fourth-order valence-electron chi connectivity index (χ4n) is 3.29. The van der Waals surface area contributed by atoms with Crippen LogP contribution in [0.1, 0.15) is 27.7 Å². The summed E-state index contributed by atoms with van der Waals surface area (Å²) >= 11 is 0. The van der Waals surface area contributed by atoms with Crippen LogP contribution in [0.5, 0.6) is 0 Å². The maximum absolute atomic E-state index is 6.05. The van der Waals surface area contributed by atoms with Crippen LogP contribution < -0.4 is 10.4 Å². The Bertz CT molecular complexity index is 572. The molecule has 4 rings (SSSR count). The van der Waals surface area contributed by atoms with Gasteiger partial charge in [0.25, 0.3) is 0 Å². The van der Waals surface area contributed by atoms with E-state index >= 15 is 0 Å². The van der Waals surface area contributed by atoms with E-state index in [1.54, 1.807) is 12.4 Å². The van der Waals surface area contributed by atoms with Crippen LogP contribution in [0.15, 0.2) is 12.4 Å². The predicted molar refractivity (Wildman–Crippen MR) is 89.4 cm³/mol. The Kier molecular flexibility index (Phi) is 3.83. The van der Waals surface area contributed by atoms with Gasteiger partial charge >= 0.3 is 7.12 Å². The zero-order chi connectivity index (χ0) is 16.9. The fraction of sp³-hybridized carbons (Fsp3) is 0.750. The van der Waals surface area contributed by atoms with Gasteiger partial charge in [-0.3, -0.25) is 0 Å². The van der Waals surface area contributed by atoms with Gasteiger partial charge in [-0.15, -0.1) is 0 Å². The minimum absolute atomic E-state index is 0.181.